The zero-order valence-electron chi connectivity index (χ0n) is 9.94. The quantitative estimate of drug-likeness (QED) is 0.817. The highest BCUT2D eigenvalue weighted by atomic mass is 19.4. The normalized spacial score (nSPS) is 18.1. The Morgan fingerprint density at radius 3 is 2.50 bits per heavy atom. The van der Waals surface area contributed by atoms with E-state index in [1.807, 2.05) is 0 Å². The third-order valence-electron chi connectivity index (χ3n) is 3.07. The van der Waals surface area contributed by atoms with Crippen LogP contribution < -0.4 is 0 Å². The van der Waals surface area contributed by atoms with Crippen molar-refractivity contribution in [2.45, 2.75) is 32.0 Å². The highest BCUT2D eigenvalue weighted by Crippen LogP contribution is 2.28. The van der Waals surface area contributed by atoms with E-state index in [1.165, 1.54) is 6.20 Å². The minimum Gasteiger partial charge on any atom is -0.341 e. The van der Waals surface area contributed by atoms with Crippen LogP contribution in [0.3, 0.4) is 0 Å². The molecular formula is C11H14F3N3O. The molecule has 1 unspecified atom stereocenters. The average Bonchev–Trinajstić information content (AvgIpc) is 2.96. The van der Waals surface area contributed by atoms with Crippen molar-refractivity contribution in [2.24, 2.45) is 0 Å². The first-order valence-electron chi connectivity index (χ1n) is 5.81. The second kappa shape index (κ2) is 4.62. The van der Waals surface area contributed by atoms with Crippen molar-refractivity contribution in [1.82, 2.24) is 14.7 Å². The fourth-order valence-corrected chi connectivity index (χ4v) is 2.02. The van der Waals surface area contributed by atoms with Gasteiger partial charge in [-0.15, -0.1) is 0 Å². The first-order chi connectivity index (χ1) is 8.39. The largest absolute Gasteiger partial charge is 0.435 e. The fraction of sp³-hybridized carbons (Fsp3) is 0.636. The Morgan fingerprint density at radius 1 is 1.39 bits per heavy atom. The zero-order valence-corrected chi connectivity index (χ0v) is 9.94. The van der Waals surface area contributed by atoms with Gasteiger partial charge < -0.3 is 4.90 Å². The Kier molecular flexibility index (Phi) is 3.32. The van der Waals surface area contributed by atoms with Crippen LogP contribution in [0, 0.1) is 0 Å². The van der Waals surface area contributed by atoms with Crippen LogP contribution in [0.25, 0.3) is 0 Å². The van der Waals surface area contributed by atoms with Crippen LogP contribution in [0.2, 0.25) is 0 Å². The number of rotatable bonds is 2. The first-order valence-corrected chi connectivity index (χ1v) is 5.81. The molecule has 1 amide bonds. The molecule has 0 N–H and O–H groups in total. The molecule has 1 aliphatic rings. The van der Waals surface area contributed by atoms with Crippen LogP contribution in [0.15, 0.2) is 12.3 Å². The number of hydrogen-bond acceptors (Lipinski definition) is 2. The fourth-order valence-electron chi connectivity index (χ4n) is 2.02. The standard InChI is InChI=1S/C11H14F3N3O/c1-8(10(18)16-5-2-3-6-16)17-7-4-9(15-17)11(12,13)14/h4,7-8H,2-3,5-6H2,1H3. The average molecular weight is 261 g/mol. The number of alkyl halides is 3. The van der Waals surface area contributed by atoms with Gasteiger partial charge in [-0.3, -0.25) is 9.48 Å². The number of aromatic nitrogens is 2. The number of amides is 1. The third kappa shape index (κ3) is 2.49. The molecule has 0 spiro atoms. The maximum Gasteiger partial charge on any atom is 0.435 e. The van der Waals surface area contributed by atoms with E-state index in [2.05, 4.69) is 5.10 Å². The minimum absolute atomic E-state index is 0.177. The Bertz CT molecular complexity index is 435. The monoisotopic (exact) mass is 261 g/mol. The summed E-state index contributed by atoms with van der Waals surface area (Å²) >= 11 is 0. The highest BCUT2D eigenvalue weighted by Gasteiger charge is 2.34. The van der Waals surface area contributed by atoms with Crippen molar-refractivity contribution in [2.75, 3.05) is 13.1 Å². The van der Waals surface area contributed by atoms with E-state index < -0.39 is 17.9 Å². The topological polar surface area (TPSA) is 38.1 Å². The summed E-state index contributed by atoms with van der Waals surface area (Å²) in [4.78, 5) is 13.7. The Labute approximate surface area is 102 Å². The van der Waals surface area contributed by atoms with Gasteiger partial charge in [0.05, 0.1) is 0 Å². The molecule has 7 heteroatoms. The molecule has 0 bridgehead atoms. The smallest absolute Gasteiger partial charge is 0.341 e. The molecule has 1 aromatic heterocycles. The summed E-state index contributed by atoms with van der Waals surface area (Å²) in [6.07, 6.45) is -1.38. The van der Waals surface area contributed by atoms with Crippen molar-refractivity contribution in [1.29, 1.82) is 0 Å². The lowest BCUT2D eigenvalue weighted by Gasteiger charge is -2.20. The molecule has 0 radical (unpaired) electrons. The number of likely N-dealkylation sites (tertiary alicyclic amines) is 1. The highest BCUT2D eigenvalue weighted by molar-refractivity contribution is 5.80. The van der Waals surface area contributed by atoms with E-state index >= 15 is 0 Å². The summed E-state index contributed by atoms with van der Waals surface area (Å²) < 4.78 is 38.3. The SMILES string of the molecule is CC(C(=O)N1CCCC1)n1ccc(C(F)(F)F)n1. The minimum atomic E-state index is -4.47. The van der Waals surface area contributed by atoms with E-state index in [0.717, 1.165) is 23.6 Å². The zero-order chi connectivity index (χ0) is 13.3. The number of hydrogen-bond donors (Lipinski definition) is 0. The summed E-state index contributed by atoms with van der Waals surface area (Å²) in [5.74, 6) is -0.177. The molecule has 100 valence electrons. The number of nitrogens with zero attached hydrogens (tertiary/aromatic N) is 3. The van der Waals surface area contributed by atoms with Crippen LogP contribution in [0.4, 0.5) is 13.2 Å². The molecular weight excluding hydrogens is 247 g/mol. The predicted octanol–water partition coefficient (Wildman–Crippen LogP) is 2.09. The molecule has 1 fully saturated rings. The first kappa shape index (κ1) is 12.9. The van der Waals surface area contributed by atoms with Crippen LogP contribution in [-0.4, -0.2) is 33.7 Å². The van der Waals surface area contributed by atoms with E-state index in [9.17, 15) is 18.0 Å². The molecule has 0 saturated carbocycles. The van der Waals surface area contributed by atoms with Crippen molar-refractivity contribution in [3.05, 3.63) is 18.0 Å². The van der Waals surface area contributed by atoms with Gasteiger partial charge in [0.1, 0.15) is 6.04 Å². The molecule has 2 heterocycles. The molecule has 2 rings (SSSR count). The molecule has 18 heavy (non-hydrogen) atoms. The van der Waals surface area contributed by atoms with Crippen LogP contribution in [-0.2, 0) is 11.0 Å². The maximum atomic E-state index is 12.4. The van der Waals surface area contributed by atoms with Gasteiger partial charge in [0.15, 0.2) is 5.69 Å². The van der Waals surface area contributed by atoms with E-state index in [0.29, 0.717) is 13.1 Å². The van der Waals surface area contributed by atoms with Gasteiger partial charge in [-0.25, -0.2) is 0 Å². The second-order valence-electron chi connectivity index (χ2n) is 4.39. The molecule has 1 saturated heterocycles. The Morgan fingerprint density at radius 2 is 2.00 bits per heavy atom. The summed E-state index contributed by atoms with van der Waals surface area (Å²) in [6, 6.07) is 0.188. The van der Waals surface area contributed by atoms with Crippen molar-refractivity contribution >= 4 is 5.91 Å². The third-order valence-corrected chi connectivity index (χ3v) is 3.07. The summed E-state index contributed by atoms with van der Waals surface area (Å²) in [5.41, 5.74) is -0.969. The van der Waals surface area contributed by atoms with Crippen molar-refractivity contribution in [3.8, 4) is 0 Å². The number of halogens is 3. The lowest BCUT2D eigenvalue weighted by atomic mass is 10.3. The number of carbonyl (C=O) groups excluding carboxylic acids is 1. The summed E-state index contributed by atoms with van der Waals surface area (Å²) in [5, 5.41) is 3.42. The van der Waals surface area contributed by atoms with Gasteiger partial charge >= 0.3 is 6.18 Å². The molecule has 1 aliphatic heterocycles. The van der Waals surface area contributed by atoms with Crippen molar-refractivity contribution in [3.63, 3.8) is 0 Å². The van der Waals surface area contributed by atoms with Gasteiger partial charge in [0, 0.05) is 19.3 Å². The second-order valence-corrected chi connectivity index (χ2v) is 4.39. The van der Waals surface area contributed by atoms with Gasteiger partial charge in [-0.1, -0.05) is 0 Å². The number of carbonyl (C=O) groups is 1. The summed E-state index contributed by atoms with van der Waals surface area (Å²) in [7, 11) is 0. The Hall–Kier alpha value is -1.53. The summed E-state index contributed by atoms with van der Waals surface area (Å²) in [6.45, 7) is 2.92. The molecule has 0 aromatic carbocycles. The van der Waals surface area contributed by atoms with E-state index in [-0.39, 0.29) is 5.91 Å². The van der Waals surface area contributed by atoms with E-state index in [1.54, 1.807) is 11.8 Å². The van der Waals surface area contributed by atoms with Crippen LogP contribution in [0.1, 0.15) is 31.5 Å². The molecule has 1 atom stereocenters. The molecule has 4 nitrogen and oxygen atoms in total. The maximum absolute atomic E-state index is 12.4. The Balaban J connectivity index is 2.11. The van der Waals surface area contributed by atoms with Gasteiger partial charge in [0.25, 0.3) is 0 Å². The van der Waals surface area contributed by atoms with Crippen molar-refractivity contribution < 1.29 is 18.0 Å². The predicted molar refractivity (Wildman–Crippen MR) is 57.8 cm³/mol. The van der Waals surface area contributed by atoms with E-state index in [4.69, 9.17) is 0 Å². The molecule has 0 aliphatic carbocycles. The lowest BCUT2D eigenvalue weighted by Crippen LogP contribution is -2.34. The lowest BCUT2D eigenvalue weighted by molar-refractivity contribution is -0.142. The van der Waals surface area contributed by atoms with Crippen LogP contribution >= 0.6 is 0 Å². The molecule has 1 aromatic rings. The van der Waals surface area contributed by atoms with Gasteiger partial charge in [0.2, 0.25) is 5.91 Å². The van der Waals surface area contributed by atoms with Gasteiger partial charge in [-0.05, 0) is 25.8 Å². The van der Waals surface area contributed by atoms with Crippen LogP contribution in [0.5, 0.6) is 0 Å². The van der Waals surface area contributed by atoms with Gasteiger partial charge in [-0.2, -0.15) is 18.3 Å².